The lowest BCUT2D eigenvalue weighted by atomic mass is 9.91. The van der Waals surface area contributed by atoms with E-state index in [0.29, 0.717) is 0 Å². The van der Waals surface area contributed by atoms with E-state index in [-0.39, 0.29) is 0 Å². The zero-order chi connectivity index (χ0) is 37.4. The molecule has 0 aliphatic heterocycles. The number of fused-ring (bicyclic) bond motifs is 7. The summed E-state index contributed by atoms with van der Waals surface area (Å²) in [4.78, 5) is 0. The Hall–Kier alpha value is -6.84. The number of benzene rings is 6. The predicted octanol–water partition coefficient (Wildman–Crippen LogP) is 14.1. The molecular weight excluding hydrogens is 657 g/mol. The molecule has 1 heterocycles. The second-order valence-corrected chi connectivity index (χ2v) is 13.2. The number of para-hydroxylation sites is 1. The van der Waals surface area contributed by atoms with Gasteiger partial charge in [0.2, 0.25) is 0 Å². The van der Waals surface area contributed by atoms with Crippen molar-refractivity contribution < 1.29 is 4.42 Å². The Morgan fingerprint density at radius 2 is 1.52 bits per heavy atom. The SMILES string of the molecule is C=C/C=C(\C=C/C)Nc1cc(/C(C=C)=C/C=C)cc(-c2ccccc2)c1.Nc1ccc(-c2cccc3c2oc2c3ccc3ccc4c(c32)CCC=C4)cc1. The minimum absolute atomic E-state index is 0.770. The van der Waals surface area contributed by atoms with Crippen LogP contribution in [0.4, 0.5) is 11.4 Å². The fourth-order valence-electron chi connectivity index (χ4n) is 7.19. The third kappa shape index (κ3) is 7.39. The Balaban J connectivity index is 0.000000168. The van der Waals surface area contributed by atoms with Gasteiger partial charge in [-0.15, -0.1) is 0 Å². The van der Waals surface area contributed by atoms with Crippen molar-refractivity contribution in [3.8, 4) is 22.3 Å². The average molecular weight is 701 g/mol. The molecule has 0 atom stereocenters. The van der Waals surface area contributed by atoms with Crippen LogP contribution >= 0.6 is 0 Å². The van der Waals surface area contributed by atoms with Crippen molar-refractivity contribution in [2.75, 3.05) is 11.1 Å². The van der Waals surface area contributed by atoms with E-state index in [4.69, 9.17) is 10.2 Å². The van der Waals surface area contributed by atoms with Gasteiger partial charge in [0.05, 0.1) is 0 Å². The van der Waals surface area contributed by atoms with Gasteiger partial charge in [0.15, 0.2) is 0 Å². The number of aryl methyl sites for hydroxylation is 1. The van der Waals surface area contributed by atoms with E-state index in [1.807, 2.05) is 67.6 Å². The van der Waals surface area contributed by atoms with Crippen LogP contribution < -0.4 is 11.1 Å². The summed E-state index contributed by atoms with van der Waals surface area (Å²) < 4.78 is 6.59. The number of hydrogen-bond donors (Lipinski definition) is 2. The molecule has 6 aromatic carbocycles. The first-order valence-electron chi connectivity index (χ1n) is 18.3. The first-order valence-corrected chi connectivity index (χ1v) is 18.3. The summed E-state index contributed by atoms with van der Waals surface area (Å²) in [6.45, 7) is 13.5. The molecule has 3 nitrogen and oxygen atoms in total. The van der Waals surface area contributed by atoms with E-state index in [2.05, 4.69) is 122 Å². The lowest BCUT2D eigenvalue weighted by Crippen LogP contribution is -1.98. The standard InChI is InChI=1S/C26H19NO.C25H25N/c27-19-13-10-17(11-14-19)21-6-3-7-22-23-15-12-18-9-8-16-4-1-2-5-20(16)24(18)26(23)28-25(21)22;1-5-12-20(8-4)22-17-23(21-15-10-9-11-16-21)19-25(18-22)26-24(13-6-2)14-7-3/h1,3-4,6-15H,2,5,27H2;5-19,26H,1-2,4H2,3H3/b;14-7-,20-12+,24-13+. The molecule has 3 heteroatoms. The molecule has 0 spiro atoms. The quantitative estimate of drug-likeness (QED) is 0.116. The van der Waals surface area contributed by atoms with Gasteiger partial charge in [0.25, 0.3) is 0 Å². The van der Waals surface area contributed by atoms with Crippen LogP contribution in [0.3, 0.4) is 0 Å². The minimum atomic E-state index is 0.770. The second kappa shape index (κ2) is 16.2. The monoisotopic (exact) mass is 700 g/mol. The Kier molecular flexibility index (Phi) is 10.7. The first-order chi connectivity index (χ1) is 26.5. The highest BCUT2D eigenvalue weighted by atomic mass is 16.3. The molecule has 7 aromatic rings. The molecule has 264 valence electrons. The van der Waals surface area contributed by atoms with E-state index < -0.39 is 0 Å². The fraction of sp³-hybridized carbons (Fsp3) is 0.0588. The van der Waals surface area contributed by atoms with E-state index in [1.165, 1.54) is 32.8 Å². The molecule has 1 aliphatic carbocycles. The maximum atomic E-state index is 6.59. The van der Waals surface area contributed by atoms with Crippen LogP contribution in [0.2, 0.25) is 0 Å². The number of nitrogen functional groups attached to an aromatic ring is 1. The Bertz CT molecular complexity index is 2630. The van der Waals surface area contributed by atoms with E-state index >= 15 is 0 Å². The third-order valence-corrected chi connectivity index (χ3v) is 9.70. The van der Waals surface area contributed by atoms with Crippen LogP contribution in [0, 0.1) is 0 Å². The molecule has 0 fully saturated rings. The van der Waals surface area contributed by atoms with Gasteiger partial charge in [0, 0.05) is 38.8 Å². The average Bonchev–Trinajstić information content (AvgIpc) is 3.60. The normalized spacial score (nSPS) is 12.8. The van der Waals surface area contributed by atoms with E-state index in [1.54, 1.807) is 12.2 Å². The van der Waals surface area contributed by atoms with Crippen molar-refractivity contribution in [1.82, 2.24) is 0 Å². The topological polar surface area (TPSA) is 51.2 Å². The Morgan fingerprint density at radius 1 is 0.741 bits per heavy atom. The highest BCUT2D eigenvalue weighted by Gasteiger charge is 2.18. The summed E-state index contributed by atoms with van der Waals surface area (Å²) >= 11 is 0. The first kappa shape index (κ1) is 35.6. The van der Waals surface area contributed by atoms with Gasteiger partial charge in [-0.1, -0.05) is 141 Å². The molecule has 0 amide bonds. The number of furan rings is 1. The number of nitrogens with two attached hydrogens (primary N) is 1. The zero-order valence-electron chi connectivity index (χ0n) is 30.7. The van der Waals surface area contributed by atoms with Crippen molar-refractivity contribution >= 4 is 55.7 Å². The number of anilines is 2. The smallest absolute Gasteiger partial charge is 0.143 e. The molecular formula is C51H44N2O. The van der Waals surface area contributed by atoms with Crippen LogP contribution in [0.1, 0.15) is 30.0 Å². The van der Waals surface area contributed by atoms with Crippen molar-refractivity contribution in [1.29, 1.82) is 0 Å². The Labute approximate surface area is 318 Å². The largest absolute Gasteiger partial charge is 0.455 e. The summed E-state index contributed by atoms with van der Waals surface area (Å²) in [5.74, 6) is 0. The molecule has 0 unspecified atom stereocenters. The van der Waals surface area contributed by atoms with Crippen LogP contribution in [0.25, 0.3) is 66.6 Å². The van der Waals surface area contributed by atoms with Gasteiger partial charge in [-0.25, -0.2) is 0 Å². The molecule has 54 heavy (non-hydrogen) atoms. The molecule has 1 aliphatic rings. The van der Waals surface area contributed by atoms with E-state index in [0.717, 1.165) is 74.3 Å². The van der Waals surface area contributed by atoms with Crippen molar-refractivity contribution in [2.45, 2.75) is 19.8 Å². The Morgan fingerprint density at radius 3 is 2.28 bits per heavy atom. The van der Waals surface area contributed by atoms with Crippen LogP contribution in [-0.2, 0) is 6.42 Å². The highest BCUT2D eigenvalue weighted by Crippen LogP contribution is 2.41. The molecule has 0 radical (unpaired) electrons. The minimum Gasteiger partial charge on any atom is -0.455 e. The van der Waals surface area contributed by atoms with Crippen LogP contribution in [0.15, 0.2) is 194 Å². The van der Waals surface area contributed by atoms with Gasteiger partial charge in [0.1, 0.15) is 11.2 Å². The molecule has 3 N–H and O–H groups in total. The highest BCUT2D eigenvalue weighted by molar-refractivity contribution is 6.18. The van der Waals surface area contributed by atoms with Crippen LogP contribution in [-0.4, -0.2) is 0 Å². The van der Waals surface area contributed by atoms with Gasteiger partial charge < -0.3 is 15.5 Å². The number of nitrogens with one attached hydrogen (secondary N) is 1. The zero-order valence-corrected chi connectivity index (χ0v) is 30.7. The maximum Gasteiger partial charge on any atom is 0.143 e. The van der Waals surface area contributed by atoms with Gasteiger partial charge >= 0.3 is 0 Å². The summed E-state index contributed by atoms with van der Waals surface area (Å²) in [5, 5.41) is 8.32. The fourth-order valence-corrected chi connectivity index (χ4v) is 7.19. The summed E-state index contributed by atoms with van der Waals surface area (Å²) in [6.07, 6.45) is 20.0. The van der Waals surface area contributed by atoms with Crippen LogP contribution in [0.5, 0.6) is 0 Å². The third-order valence-electron chi connectivity index (χ3n) is 9.70. The van der Waals surface area contributed by atoms with Crippen molar-refractivity contribution in [2.24, 2.45) is 0 Å². The lowest BCUT2D eigenvalue weighted by Gasteiger charge is -2.13. The number of allylic oxidation sites excluding steroid dienone is 9. The van der Waals surface area contributed by atoms with Crippen molar-refractivity contribution in [3.05, 3.63) is 206 Å². The van der Waals surface area contributed by atoms with Gasteiger partial charge in [-0.05, 0) is 113 Å². The van der Waals surface area contributed by atoms with Gasteiger partial charge in [-0.3, -0.25) is 0 Å². The number of hydrogen-bond acceptors (Lipinski definition) is 3. The summed E-state index contributed by atoms with van der Waals surface area (Å²) in [5.41, 5.74) is 19.9. The molecule has 8 rings (SSSR count). The lowest BCUT2D eigenvalue weighted by molar-refractivity contribution is 0.673. The molecule has 1 aromatic heterocycles. The molecule has 0 bridgehead atoms. The molecule has 0 saturated heterocycles. The second-order valence-electron chi connectivity index (χ2n) is 13.2. The van der Waals surface area contributed by atoms with Crippen molar-refractivity contribution in [3.63, 3.8) is 0 Å². The maximum absolute atomic E-state index is 6.59. The number of rotatable bonds is 9. The van der Waals surface area contributed by atoms with Gasteiger partial charge in [-0.2, -0.15) is 0 Å². The predicted molar refractivity (Wildman–Crippen MR) is 235 cm³/mol. The molecule has 0 saturated carbocycles. The van der Waals surface area contributed by atoms with E-state index in [9.17, 15) is 0 Å². The summed E-state index contributed by atoms with van der Waals surface area (Å²) in [7, 11) is 0. The summed E-state index contributed by atoms with van der Waals surface area (Å²) in [6, 6.07) is 40.0.